The molecule has 0 aromatic rings. The van der Waals surface area contributed by atoms with Gasteiger partial charge in [0.05, 0.1) is 12.2 Å². The van der Waals surface area contributed by atoms with Gasteiger partial charge in [-0.05, 0) is 12.3 Å². The van der Waals surface area contributed by atoms with Crippen molar-refractivity contribution in [3.63, 3.8) is 0 Å². The van der Waals surface area contributed by atoms with E-state index in [2.05, 4.69) is 6.92 Å². The lowest BCUT2D eigenvalue weighted by molar-refractivity contribution is 0.0465. The van der Waals surface area contributed by atoms with Crippen LogP contribution in [0.5, 0.6) is 0 Å². The molecule has 60 valence electrons. The van der Waals surface area contributed by atoms with Crippen LogP contribution in [0.25, 0.3) is 0 Å². The monoisotopic (exact) mass is 144 g/mol. The maximum absolute atomic E-state index is 5.52. The summed E-state index contributed by atoms with van der Waals surface area (Å²) < 4.78 is 5.52. The highest BCUT2D eigenvalue weighted by molar-refractivity contribution is 4.80. The van der Waals surface area contributed by atoms with E-state index in [9.17, 15) is 0 Å². The van der Waals surface area contributed by atoms with Gasteiger partial charge in [-0.1, -0.05) is 6.92 Å². The molecule has 1 fully saturated rings. The number of hydrogen-bond donors (Lipinski definition) is 2. The average Bonchev–Trinajstić information content (AvgIpc) is 2.30. The molecule has 10 heavy (non-hydrogen) atoms. The highest BCUT2D eigenvalue weighted by Gasteiger charge is 2.29. The van der Waals surface area contributed by atoms with Crippen molar-refractivity contribution in [1.82, 2.24) is 0 Å². The predicted molar refractivity (Wildman–Crippen MR) is 40.6 cm³/mol. The first-order chi connectivity index (χ1) is 4.77. The van der Waals surface area contributed by atoms with Crippen LogP contribution in [0, 0.1) is 5.92 Å². The SMILES string of the molecule is CC1CC(CN)OC1CN. The normalized spacial score (nSPS) is 40.5. The van der Waals surface area contributed by atoms with Gasteiger partial charge in [0, 0.05) is 13.1 Å². The minimum Gasteiger partial charge on any atom is -0.372 e. The topological polar surface area (TPSA) is 61.3 Å². The Labute approximate surface area is 61.7 Å². The van der Waals surface area contributed by atoms with E-state index in [4.69, 9.17) is 16.2 Å². The maximum Gasteiger partial charge on any atom is 0.0728 e. The van der Waals surface area contributed by atoms with Gasteiger partial charge >= 0.3 is 0 Å². The molecule has 3 nitrogen and oxygen atoms in total. The van der Waals surface area contributed by atoms with Crippen LogP contribution in [-0.4, -0.2) is 25.3 Å². The zero-order chi connectivity index (χ0) is 7.56. The predicted octanol–water partition coefficient (Wildman–Crippen LogP) is -0.303. The van der Waals surface area contributed by atoms with Crippen LogP contribution in [0.4, 0.5) is 0 Å². The summed E-state index contributed by atoms with van der Waals surface area (Å²) in [5.41, 5.74) is 10.9. The molecule has 1 aliphatic heterocycles. The number of nitrogens with two attached hydrogens (primary N) is 2. The number of rotatable bonds is 2. The zero-order valence-corrected chi connectivity index (χ0v) is 6.42. The van der Waals surface area contributed by atoms with Gasteiger partial charge in [-0.2, -0.15) is 0 Å². The van der Waals surface area contributed by atoms with Crippen LogP contribution in [0.3, 0.4) is 0 Å². The molecular weight excluding hydrogens is 128 g/mol. The number of hydrogen-bond acceptors (Lipinski definition) is 3. The van der Waals surface area contributed by atoms with Gasteiger partial charge < -0.3 is 16.2 Å². The Balaban J connectivity index is 2.36. The summed E-state index contributed by atoms with van der Waals surface area (Å²) in [5, 5.41) is 0. The van der Waals surface area contributed by atoms with Crippen LogP contribution < -0.4 is 11.5 Å². The molecule has 3 unspecified atom stereocenters. The van der Waals surface area contributed by atoms with E-state index in [1.54, 1.807) is 0 Å². The largest absolute Gasteiger partial charge is 0.372 e. The first-order valence-electron chi connectivity index (χ1n) is 3.83. The Hall–Kier alpha value is -0.120. The Morgan fingerprint density at radius 1 is 1.40 bits per heavy atom. The smallest absolute Gasteiger partial charge is 0.0728 e. The first-order valence-corrected chi connectivity index (χ1v) is 3.83. The molecule has 3 atom stereocenters. The highest BCUT2D eigenvalue weighted by atomic mass is 16.5. The first kappa shape index (κ1) is 7.98. The fourth-order valence-electron chi connectivity index (χ4n) is 1.44. The molecule has 1 rings (SSSR count). The van der Waals surface area contributed by atoms with E-state index < -0.39 is 0 Å². The minimum absolute atomic E-state index is 0.244. The molecule has 0 bridgehead atoms. The van der Waals surface area contributed by atoms with E-state index in [1.165, 1.54) is 0 Å². The van der Waals surface area contributed by atoms with Crippen molar-refractivity contribution >= 4 is 0 Å². The summed E-state index contributed by atoms with van der Waals surface area (Å²) >= 11 is 0. The molecule has 0 amide bonds. The second-order valence-corrected chi connectivity index (χ2v) is 2.98. The summed E-state index contributed by atoms with van der Waals surface area (Å²) in [6, 6.07) is 0. The van der Waals surface area contributed by atoms with E-state index in [-0.39, 0.29) is 12.2 Å². The third kappa shape index (κ3) is 1.48. The quantitative estimate of drug-likeness (QED) is 0.559. The van der Waals surface area contributed by atoms with E-state index in [0.717, 1.165) is 6.42 Å². The van der Waals surface area contributed by atoms with Crippen molar-refractivity contribution in [2.45, 2.75) is 25.6 Å². The highest BCUT2D eigenvalue weighted by Crippen LogP contribution is 2.24. The molecule has 1 aliphatic rings. The van der Waals surface area contributed by atoms with Crippen molar-refractivity contribution in [2.75, 3.05) is 13.1 Å². The Morgan fingerprint density at radius 3 is 2.40 bits per heavy atom. The van der Waals surface area contributed by atoms with Gasteiger partial charge in [0.15, 0.2) is 0 Å². The Kier molecular flexibility index (Phi) is 2.65. The summed E-state index contributed by atoms with van der Waals surface area (Å²) in [6.45, 7) is 3.41. The second-order valence-electron chi connectivity index (χ2n) is 2.98. The molecule has 1 heterocycles. The third-order valence-electron chi connectivity index (χ3n) is 2.13. The molecule has 3 heteroatoms. The molecule has 0 aromatic heterocycles. The van der Waals surface area contributed by atoms with E-state index in [1.807, 2.05) is 0 Å². The fraction of sp³-hybridized carbons (Fsp3) is 1.00. The van der Waals surface area contributed by atoms with Crippen LogP contribution >= 0.6 is 0 Å². The lowest BCUT2D eigenvalue weighted by Crippen LogP contribution is -2.26. The van der Waals surface area contributed by atoms with Crippen LogP contribution in [-0.2, 0) is 4.74 Å². The van der Waals surface area contributed by atoms with Gasteiger partial charge in [0.25, 0.3) is 0 Å². The lowest BCUT2D eigenvalue weighted by Gasteiger charge is -2.11. The van der Waals surface area contributed by atoms with Crippen molar-refractivity contribution < 1.29 is 4.74 Å². The average molecular weight is 144 g/mol. The molecule has 0 aromatic carbocycles. The van der Waals surface area contributed by atoms with Gasteiger partial charge in [-0.3, -0.25) is 0 Å². The van der Waals surface area contributed by atoms with Crippen LogP contribution in [0.2, 0.25) is 0 Å². The summed E-state index contributed by atoms with van der Waals surface area (Å²) in [7, 11) is 0. The van der Waals surface area contributed by atoms with Gasteiger partial charge in [-0.15, -0.1) is 0 Å². The zero-order valence-electron chi connectivity index (χ0n) is 6.42. The summed E-state index contributed by atoms with van der Waals surface area (Å²) in [5.74, 6) is 0.582. The van der Waals surface area contributed by atoms with Crippen molar-refractivity contribution in [1.29, 1.82) is 0 Å². The second kappa shape index (κ2) is 3.32. The summed E-state index contributed by atoms with van der Waals surface area (Å²) in [6.07, 6.45) is 1.57. The van der Waals surface area contributed by atoms with Crippen LogP contribution in [0.1, 0.15) is 13.3 Å². The standard InChI is InChI=1S/C7H16N2O/c1-5-2-6(3-8)10-7(5)4-9/h5-7H,2-4,8-9H2,1H3. The molecule has 0 spiro atoms. The van der Waals surface area contributed by atoms with E-state index in [0.29, 0.717) is 19.0 Å². The van der Waals surface area contributed by atoms with Gasteiger partial charge in [0.1, 0.15) is 0 Å². The third-order valence-corrected chi connectivity index (χ3v) is 2.13. The maximum atomic E-state index is 5.52. The minimum atomic E-state index is 0.244. The van der Waals surface area contributed by atoms with Gasteiger partial charge in [0.2, 0.25) is 0 Å². The molecule has 1 saturated heterocycles. The molecule has 0 saturated carbocycles. The fourth-order valence-corrected chi connectivity index (χ4v) is 1.44. The van der Waals surface area contributed by atoms with E-state index >= 15 is 0 Å². The van der Waals surface area contributed by atoms with Crippen LogP contribution in [0.15, 0.2) is 0 Å². The molecule has 4 N–H and O–H groups in total. The van der Waals surface area contributed by atoms with Crippen molar-refractivity contribution in [3.05, 3.63) is 0 Å². The molecule has 0 radical (unpaired) electrons. The van der Waals surface area contributed by atoms with Gasteiger partial charge in [-0.25, -0.2) is 0 Å². The molecular formula is C7H16N2O. The Morgan fingerprint density at radius 2 is 2.10 bits per heavy atom. The molecule has 0 aliphatic carbocycles. The number of ether oxygens (including phenoxy) is 1. The Bertz CT molecular complexity index is 108. The summed E-state index contributed by atoms with van der Waals surface area (Å²) in [4.78, 5) is 0. The van der Waals surface area contributed by atoms with Crippen molar-refractivity contribution in [3.8, 4) is 0 Å². The lowest BCUT2D eigenvalue weighted by atomic mass is 10.0. The van der Waals surface area contributed by atoms with Crippen molar-refractivity contribution in [2.24, 2.45) is 17.4 Å².